The van der Waals surface area contributed by atoms with Crippen LogP contribution in [0, 0.1) is 13.8 Å². The Morgan fingerprint density at radius 2 is 2.04 bits per heavy atom. The normalized spacial score (nSPS) is 17.0. The van der Waals surface area contributed by atoms with Crippen LogP contribution in [0.15, 0.2) is 30.6 Å². The van der Waals surface area contributed by atoms with Crippen molar-refractivity contribution in [3.8, 4) is 0 Å². The second kappa shape index (κ2) is 4.89. The summed E-state index contributed by atoms with van der Waals surface area (Å²) in [7, 11) is 0. The van der Waals surface area contributed by atoms with Gasteiger partial charge in [0.2, 0.25) is 5.91 Å². The number of carbonyl (C=O) groups excluding carboxylic acids is 1. The van der Waals surface area contributed by atoms with Crippen molar-refractivity contribution in [2.45, 2.75) is 26.2 Å². The van der Waals surface area contributed by atoms with Gasteiger partial charge in [-0.3, -0.25) is 9.89 Å². The zero-order valence-corrected chi connectivity index (χ0v) is 13.9. The maximum Gasteiger partial charge on any atom is 0.225 e. The third kappa shape index (κ3) is 2.05. The van der Waals surface area contributed by atoms with Gasteiger partial charge in [0.25, 0.3) is 0 Å². The van der Waals surface area contributed by atoms with Crippen molar-refractivity contribution in [2.75, 3.05) is 5.32 Å². The standard InChI is InChI=1S/C18H16N6O/c1-9-3-10(2)24-18(21-9)14(8-20-24)12-5-17(25)22-16-6-15-11(4-13(12)16)7-19-23-15/h3-4,6-8,12H,5H2,1-2H3,(H,19,23)(H,22,25)/t12-/m1/s1. The van der Waals surface area contributed by atoms with Crippen LogP contribution in [0.5, 0.6) is 0 Å². The molecule has 2 N–H and O–H groups in total. The molecule has 4 heterocycles. The first-order valence-electron chi connectivity index (χ1n) is 8.19. The first kappa shape index (κ1) is 14.2. The van der Waals surface area contributed by atoms with Gasteiger partial charge in [-0.25, -0.2) is 9.50 Å². The summed E-state index contributed by atoms with van der Waals surface area (Å²) in [4.78, 5) is 17.0. The van der Waals surface area contributed by atoms with E-state index in [1.807, 2.05) is 36.7 Å². The van der Waals surface area contributed by atoms with Crippen LogP contribution in [0.1, 0.15) is 34.9 Å². The van der Waals surface area contributed by atoms with Gasteiger partial charge in [0.1, 0.15) is 0 Å². The zero-order valence-electron chi connectivity index (χ0n) is 13.9. The Balaban J connectivity index is 1.77. The smallest absolute Gasteiger partial charge is 0.225 e. The Hall–Kier alpha value is -3.22. The van der Waals surface area contributed by atoms with E-state index < -0.39 is 0 Å². The molecular weight excluding hydrogens is 316 g/mol. The maximum atomic E-state index is 12.3. The topological polar surface area (TPSA) is 88.0 Å². The van der Waals surface area contributed by atoms with Crippen LogP contribution in [0.25, 0.3) is 16.6 Å². The number of aromatic amines is 1. The summed E-state index contributed by atoms with van der Waals surface area (Å²) in [6.07, 6.45) is 4.01. The van der Waals surface area contributed by atoms with Crippen LogP contribution >= 0.6 is 0 Å². The summed E-state index contributed by atoms with van der Waals surface area (Å²) in [5, 5.41) is 15.5. The van der Waals surface area contributed by atoms with Crippen LogP contribution < -0.4 is 5.32 Å². The third-order valence-corrected chi connectivity index (χ3v) is 4.83. The maximum absolute atomic E-state index is 12.3. The van der Waals surface area contributed by atoms with E-state index in [0.717, 1.165) is 44.8 Å². The van der Waals surface area contributed by atoms with Gasteiger partial charge in [-0.1, -0.05) is 0 Å². The number of aromatic nitrogens is 5. The molecule has 1 aliphatic heterocycles. The Kier molecular flexibility index (Phi) is 2.77. The predicted octanol–water partition coefficient (Wildman–Crippen LogP) is 2.70. The van der Waals surface area contributed by atoms with Crippen molar-refractivity contribution in [1.29, 1.82) is 0 Å². The Morgan fingerprint density at radius 1 is 1.16 bits per heavy atom. The van der Waals surface area contributed by atoms with E-state index in [9.17, 15) is 4.79 Å². The molecule has 25 heavy (non-hydrogen) atoms. The number of nitrogens with one attached hydrogen (secondary N) is 2. The third-order valence-electron chi connectivity index (χ3n) is 4.83. The highest BCUT2D eigenvalue weighted by atomic mass is 16.1. The lowest BCUT2D eigenvalue weighted by molar-refractivity contribution is -0.116. The number of fused-ring (bicyclic) bond motifs is 3. The fourth-order valence-corrected chi connectivity index (χ4v) is 3.71. The number of benzene rings is 1. The van der Waals surface area contributed by atoms with E-state index in [1.54, 1.807) is 6.20 Å². The molecule has 3 aromatic heterocycles. The van der Waals surface area contributed by atoms with E-state index in [1.165, 1.54) is 0 Å². The minimum Gasteiger partial charge on any atom is -0.326 e. The van der Waals surface area contributed by atoms with Crippen LogP contribution in [-0.4, -0.2) is 30.7 Å². The molecule has 124 valence electrons. The van der Waals surface area contributed by atoms with Crippen LogP contribution in [0.2, 0.25) is 0 Å². The minimum atomic E-state index is -0.0748. The molecule has 7 nitrogen and oxygen atoms in total. The monoisotopic (exact) mass is 332 g/mol. The molecule has 0 saturated heterocycles. The molecule has 0 unspecified atom stereocenters. The highest BCUT2D eigenvalue weighted by molar-refractivity contribution is 5.98. The molecule has 1 atom stereocenters. The van der Waals surface area contributed by atoms with Gasteiger partial charge in [-0.15, -0.1) is 0 Å². The van der Waals surface area contributed by atoms with E-state index in [2.05, 4.69) is 31.7 Å². The Labute approximate surface area is 143 Å². The lowest BCUT2D eigenvalue weighted by Crippen LogP contribution is -2.23. The largest absolute Gasteiger partial charge is 0.326 e. The van der Waals surface area contributed by atoms with E-state index in [0.29, 0.717) is 6.42 Å². The number of hydrogen-bond acceptors (Lipinski definition) is 4. The molecule has 7 heteroatoms. The molecule has 0 aliphatic carbocycles. The Morgan fingerprint density at radius 3 is 2.92 bits per heavy atom. The lowest BCUT2D eigenvalue weighted by Gasteiger charge is -2.25. The first-order valence-corrected chi connectivity index (χ1v) is 8.19. The van der Waals surface area contributed by atoms with Crippen molar-refractivity contribution < 1.29 is 4.79 Å². The quantitative estimate of drug-likeness (QED) is 0.561. The van der Waals surface area contributed by atoms with Crippen LogP contribution in [0.3, 0.4) is 0 Å². The van der Waals surface area contributed by atoms with Crippen LogP contribution in [0.4, 0.5) is 5.69 Å². The van der Waals surface area contributed by atoms with Crippen molar-refractivity contribution in [2.24, 2.45) is 0 Å². The average Bonchev–Trinajstić information content (AvgIpc) is 3.18. The number of rotatable bonds is 1. The minimum absolute atomic E-state index is 0.0000836. The van der Waals surface area contributed by atoms with Gasteiger partial charge in [0, 0.05) is 40.4 Å². The molecule has 0 fully saturated rings. The Bertz CT molecular complexity index is 1160. The van der Waals surface area contributed by atoms with Crippen molar-refractivity contribution >= 4 is 28.1 Å². The summed E-state index contributed by atoms with van der Waals surface area (Å²) >= 11 is 0. The van der Waals surface area contributed by atoms with Crippen molar-refractivity contribution in [1.82, 2.24) is 24.8 Å². The summed E-state index contributed by atoms with van der Waals surface area (Å²) in [5.41, 5.74) is 6.56. The average molecular weight is 332 g/mol. The van der Waals surface area contributed by atoms with Gasteiger partial charge < -0.3 is 5.32 Å². The van der Waals surface area contributed by atoms with Gasteiger partial charge in [-0.05, 0) is 37.6 Å². The SMILES string of the molecule is Cc1cc(C)n2ncc([C@@H]3CC(=O)Nc4cc5[nH]ncc5cc43)c2n1. The van der Waals surface area contributed by atoms with Crippen molar-refractivity contribution in [3.63, 3.8) is 0 Å². The number of H-pyrrole nitrogens is 1. The molecule has 1 amide bonds. The summed E-state index contributed by atoms with van der Waals surface area (Å²) in [6, 6.07) is 6.03. The van der Waals surface area contributed by atoms with Gasteiger partial charge in [-0.2, -0.15) is 10.2 Å². The second-order valence-corrected chi connectivity index (χ2v) is 6.58. The summed E-state index contributed by atoms with van der Waals surface area (Å²) in [5.74, 6) is -0.0747. The van der Waals surface area contributed by atoms with Crippen LogP contribution in [-0.2, 0) is 4.79 Å². The number of nitrogens with zero attached hydrogens (tertiary/aromatic N) is 4. The predicted molar refractivity (Wildman–Crippen MR) is 93.6 cm³/mol. The van der Waals surface area contributed by atoms with Gasteiger partial charge in [0.15, 0.2) is 5.65 Å². The van der Waals surface area contributed by atoms with Crippen molar-refractivity contribution in [3.05, 3.63) is 53.1 Å². The zero-order chi connectivity index (χ0) is 17.1. The van der Waals surface area contributed by atoms with E-state index in [-0.39, 0.29) is 11.8 Å². The first-order chi connectivity index (χ1) is 12.1. The molecule has 0 spiro atoms. The lowest BCUT2D eigenvalue weighted by atomic mass is 9.85. The molecule has 5 rings (SSSR count). The number of aryl methyl sites for hydroxylation is 2. The number of carbonyl (C=O) groups is 1. The van der Waals surface area contributed by atoms with Gasteiger partial charge in [0.05, 0.1) is 17.9 Å². The molecule has 0 saturated carbocycles. The van der Waals surface area contributed by atoms with E-state index >= 15 is 0 Å². The number of anilines is 1. The molecule has 0 bridgehead atoms. The number of amides is 1. The van der Waals surface area contributed by atoms with E-state index in [4.69, 9.17) is 0 Å². The molecular formula is C18H16N6O. The molecule has 1 aliphatic rings. The molecule has 4 aromatic rings. The summed E-state index contributed by atoms with van der Waals surface area (Å²) in [6.45, 7) is 3.98. The summed E-state index contributed by atoms with van der Waals surface area (Å²) < 4.78 is 1.84. The fourth-order valence-electron chi connectivity index (χ4n) is 3.71. The molecule has 0 radical (unpaired) electrons. The van der Waals surface area contributed by atoms with Gasteiger partial charge >= 0.3 is 0 Å². The molecule has 1 aromatic carbocycles. The fraction of sp³-hybridized carbons (Fsp3) is 0.222. The highest BCUT2D eigenvalue weighted by Crippen LogP contribution is 2.40. The number of hydrogen-bond donors (Lipinski definition) is 2. The second-order valence-electron chi connectivity index (χ2n) is 6.58. The highest BCUT2D eigenvalue weighted by Gasteiger charge is 2.30.